The minimum atomic E-state index is 0.176. The lowest BCUT2D eigenvalue weighted by Crippen LogP contribution is -2.02. The van der Waals surface area contributed by atoms with Crippen LogP contribution in [0.4, 0.5) is 0 Å². The predicted molar refractivity (Wildman–Crippen MR) is 104 cm³/mol. The first-order valence-electron chi connectivity index (χ1n) is 7.83. The molecule has 0 radical (unpaired) electrons. The minimum Gasteiger partial charge on any atom is -0.293 e. The zero-order chi connectivity index (χ0) is 16.5. The number of carbonyl (C=O) groups is 1. The van der Waals surface area contributed by atoms with Crippen LogP contribution in [0.1, 0.15) is 21.5 Å². The number of hydrogen-bond acceptors (Lipinski definition) is 2. The number of thioether (sulfide) groups is 1. The Kier molecular flexibility index (Phi) is 4.30. The minimum absolute atomic E-state index is 0.176. The van der Waals surface area contributed by atoms with Crippen molar-refractivity contribution in [3.8, 4) is 11.1 Å². The Morgan fingerprint density at radius 3 is 2.50 bits per heavy atom. The Hall–Kier alpha value is -1.84. The molecule has 1 aliphatic carbocycles. The van der Waals surface area contributed by atoms with E-state index in [1.165, 1.54) is 22.3 Å². The van der Waals surface area contributed by atoms with Crippen molar-refractivity contribution in [3.63, 3.8) is 0 Å². The van der Waals surface area contributed by atoms with Crippen LogP contribution in [0, 0.1) is 0 Å². The van der Waals surface area contributed by atoms with Crippen molar-refractivity contribution in [1.82, 2.24) is 0 Å². The number of carbonyl (C=O) groups excluding carboxylic acids is 1. The third-order valence-corrected chi connectivity index (χ3v) is 5.84. The smallest absolute Gasteiger partial charge is 0.173 e. The van der Waals surface area contributed by atoms with Crippen molar-refractivity contribution in [2.24, 2.45) is 0 Å². The first-order valence-corrected chi connectivity index (χ1v) is 9.61. The first-order chi connectivity index (χ1) is 11.7. The van der Waals surface area contributed by atoms with E-state index in [1.807, 2.05) is 30.3 Å². The SMILES string of the molecule is O=C(CSc1ccc(Br)cc1)c1ccc2c(c1)-c1ccccc1C2. The van der Waals surface area contributed by atoms with Gasteiger partial charge >= 0.3 is 0 Å². The Morgan fingerprint density at radius 2 is 1.67 bits per heavy atom. The van der Waals surface area contributed by atoms with E-state index in [0.29, 0.717) is 5.75 Å². The molecule has 1 aliphatic rings. The molecule has 1 nitrogen and oxygen atoms in total. The molecule has 0 bridgehead atoms. The molecule has 0 atom stereocenters. The highest BCUT2D eigenvalue weighted by atomic mass is 79.9. The van der Waals surface area contributed by atoms with Crippen molar-refractivity contribution in [1.29, 1.82) is 0 Å². The van der Waals surface area contributed by atoms with Crippen LogP contribution in [0.25, 0.3) is 11.1 Å². The summed E-state index contributed by atoms with van der Waals surface area (Å²) in [5.74, 6) is 0.636. The van der Waals surface area contributed by atoms with Gasteiger partial charge in [0.1, 0.15) is 0 Å². The van der Waals surface area contributed by atoms with Gasteiger partial charge in [-0.05, 0) is 59.0 Å². The molecule has 0 heterocycles. The molecular weight excluding hydrogens is 380 g/mol. The van der Waals surface area contributed by atoms with Gasteiger partial charge in [-0.3, -0.25) is 4.79 Å². The largest absolute Gasteiger partial charge is 0.293 e. The van der Waals surface area contributed by atoms with Crippen molar-refractivity contribution in [2.75, 3.05) is 5.75 Å². The van der Waals surface area contributed by atoms with Crippen LogP contribution in [0.5, 0.6) is 0 Å². The maximum absolute atomic E-state index is 12.6. The Balaban J connectivity index is 1.53. The van der Waals surface area contributed by atoms with Crippen LogP contribution in [0.3, 0.4) is 0 Å². The van der Waals surface area contributed by atoms with Crippen LogP contribution in [-0.2, 0) is 6.42 Å². The topological polar surface area (TPSA) is 17.1 Å². The third-order valence-electron chi connectivity index (χ3n) is 4.30. The zero-order valence-corrected chi connectivity index (χ0v) is 15.4. The number of fused-ring (bicyclic) bond motifs is 3. The molecular formula is C21H15BrOS. The van der Waals surface area contributed by atoms with Gasteiger partial charge in [-0.2, -0.15) is 0 Å². The lowest BCUT2D eigenvalue weighted by molar-refractivity contribution is 0.102. The fourth-order valence-electron chi connectivity index (χ4n) is 3.06. The summed E-state index contributed by atoms with van der Waals surface area (Å²) in [6, 6.07) is 22.6. The molecule has 0 spiro atoms. The summed E-state index contributed by atoms with van der Waals surface area (Å²) in [7, 11) is 0. The van der Waals surface area contributed by atoms with Gasteiger partial charge in [0.2, 0.25) is 0 Å². The van der Waals surface area contributed by atoms with Crippen LogP contribution in [0.15, 0.2) is 76.1 Å². The van der Waals surface area contributed by atoms with E-state index >= 15 is 0 Å². The number of halogens is 1. The van der Waals surface area contributed by atoms with Gasteiger partial charge in [0.05, 0.1) is 5.75 Å². The fraction of sp³-hybridized carbons (Fsp3) is 0.0952. The molecule has 4 rings (SSSR count). The Labute approximate surface area is 154 Å². The molecule has 24 heavy (non-hydrogen) atoms. The van der Waals surface area contributed by atoms with Crippen molar-refractivity contribution in [3.05, 3.63) is 87.9 Å². The molecule has 0 saturated heterocycles. The Bertz CT molecular complexity index is 915. The zero-order valence-electron chi connectivity index (χ0n) is 13.0. The quantitative estimate of drug-likeness (QED) is 0.312. The summed E-state index contributed by atoms with van der Waals surface area (Å²) >= 11 is 5.01. The maximum Gasteiger partial charge on any atom is 0.173 e. The first kappa shape index (κ1) is 15.7. The summed E-state index contributed by atoms with van der Waals surface area (Å²) < 4.78 is 1.05. The maximum atomic E-state index is 12.6. The average molecular weight is 395 g/mol. The molecule has 3 heteroatoms. The van der Waals surface area contributed by atoms with Gasteiger partial charge in [-0.25, -0.2) is 0 Å². The Morgan fingerprint density at radius 1 is 0.917 bits per heavy atom. The second-order valence-electron chi connectivity index (χ2n) is 5.87. The molecule has 0 aromatic heterocycles. The number of Topliss-reactive ketones (excluding diaryl/α,β-unsaturated/α-hetero) is 1. The van der Waals surface area contributed by atoms with Gasteiger partial charge < -0.3 is 0 Å². The molecule has 0 N–H and O–H groups in total. The highest BCUT2D eigenvalue weighted by molar-refractivity contribution is 9.10. The summed E-state index contributed by atoms with van der Waals surface area (Å²) in [5, 5.41) is 0. The number of hydrogen-bond donors (Lipinski definition) is 0. The van der Waals surface area contributed by atoms with E-state index in [4.69, 9.17) is 0 Å². The van der Waals surface area contributed by atoms with Crippen molar-refractivity contribution < 1.29 is 4.79 Å². The molecule has 0 aliphatic heterocycles. The standard InChI is InChI=1S/C21H15BrOS/c22-17-7-9-18(10-8-17)24-13-21(23)16-6-5-15-11-14-3-1-2-4-19(14)20(15)12-16/h1-10,12H,11,13H2. The summed E-state index contributed by atoms with van der Waals surface area (Å²) in [6.45, 7) is 0. The second kappa shape index (κ2) is 6.58. The summed E-state index contributed by atoms with van der Waals surface area (Å²) in [4.78, 5) is 13.7. The van der Waals surface area contributed by atoms with Crippen LogP contribution in [0.2, 0.25) is 0 Å². The van der Waals surface area contributed by atoms with Crippen molar-refractivity contribution >= 4 is 33.5 Å². The van der Waals surface area contributed by atoms with Gasteiger partial charge in [-0.15, -0.1) is 11.8 Å². The van der Waals surface area contributed by atoms with Crippen molar-refractivity contribution in [2.45, 2.75) is 11.3 Å². The fourth-order valence-corrected chi connectivity index (χ4v) is 4.12. The van der Waals surface area contributed by atoms with E-state index in [0.717, 1.165) is 21.4 Å². The van der Waals surface area contributed by atoms with Crippen LogP contribution < -0.4 is 0 Å². The monoisotopic (exact) mass is 394 g/mol. The van der Waals surface area contributed by atoms with E-state index < -0.39 is 0 Å². The normalized spacial score (nSPS) is 11.9. The van der Waals surface area contributed by atoms with Gasteiger partial charge in [0, 0.05) is 14.9 Å². The highest BCUT2D eigenvalue weighted by Crippen LogP contribution is 2.37. The van der Waals surface area contributed by atoms with Gasteiger partial charge in [0.15, 0.2) is 5.78 Å². The van der Waals surface area contributed by atoms with Gasteiger partial charge in [0.25, 0.3) is 0 Å². The molecule has 0 unspecified atom stereocenters. The molecule has 0 fully saturated rings. The van der Waals surface area contributed by atoms with E-state index in [2.05, 4.69) is 52.3 Å². The summed E-state index contributed by atoms with van der Waals surface area (Å²) in [5.41, 5.74) is 5.94. The van der Waals surface area contributed by atoms with E-state index in [-0.39, 0.29) is 5.78 Å². The molecule has 118 valence electrons. The average Bonchev–Trinajstić information content (AvgIpc) is 2.99. The number of benzene rings is 3. The molecule has 0 amide bonds. The van der Waals surface area contributed by atoms with Crippen LogP contribution in [-0.4, -0.2) is 11.5 Å². The highest BCUT2D eigenvalue weighted by Gasteiger charge is 2.19. The van der Waals surface area contributed by atoms with Gasteiger partial charge in [-0.1, -0.05) is 52.3 Å². The second-order valence-corrected chi connectivity index (χ2v) is 7.84. The third kappa shape index (κ3) is 3.06. The summed E-state index contributed by atoms with van der Waals surface area (Å²) in [6.07, 6.45) is 0.966. The molecule has 0 saturated carbocycles. The lowest BCUT2D eigenvalue weighted by Gasteiger charge is -2.06. The van der Waals surface area contributed by atoms with E-state index in [1.54, 1.807) is 11.8 Å². The molecule has 3 aromatic rings. The molecule has 3 aromatic carbocycles. The predicted octanol–water partition coefficient (Wildman–Crippen LogP) is 6.00. The van der Waals surface area contributed by atoms with E-state index in [9.17, 15) is 4.79 Å². The lowest BCUT2D eigenvalue weighted by atomic mass is 10.0. The van der Waals surface area contributed by atoms with Crippen LogP contribution >= 0.6 is 27.7 Å². The number of ketones is 1. The number of rotatable bonds is 4.